The molecule has 1 amide bonds. The van der Waals surface area contributed by atoms with Crippen molar-refractivity contribution in [1.29, 1.82) is 0 Å². The summed E-state index contributed by atoms with van der Waals surface area (Å²) < 4.78 is 15.7. The van der Waals surface area contributed by atoms with Crippen LogP contribution in [0.4, 0.5) is 0 Å². The quantitative estimate of drug-likeness (QED) is 0.646. The third kappa shape index (κ3) is 5.01. The second-order valence-electron chi connectivity index (χ2n) is 6.50. The lowest BCUT2D eigenvalue weighted by molar-refractivity contribution is -0.147. The van der Waals surface area contributed by atoms with Gasteiger partial charge >= 0.3 is 5.97 Å². The van der Waals surface area contributed by atoms with E-state index < -0.39 is 35.9 Å². The first-order chi connectivity index (χ1) is 14.0. The van der Waals surface area contributed by atoms with Crippen LogP contribution < -0.4 is 10.1 Å². The van der Waals surface area contributed by atoms with Crippen LogP contribution in [0.15, 0.2) is 42.6 Å². The Balaban J connectivity index is 1.71. The molecule has 0 radical (unpaired) electrons. The molecule has 3 rings (SSSR count). The number of pyridine rings is 1. The number of esters is 1. The van der Waals surface area contributed by atoms with E-state index in [1.165, 1.54) is 19.4 Å². The van der Waals surface area contributed by atoms with Gasteiger partial charge in [0.2, 0.25) is 0 Å². The molecule has 0 aliphatic carbocycles. The summed E-state index contributed by atoms with van der Waals surface area (Å²) in [7, 11) is 1.35. The number of carbonyl (C=O) groups is 2. The molecule has 9 heteroatoms. The third-order valence-corrected chi connectivity index (χ3v) is 4.50. The van der Waals surface area contributed by atoms with Crippen molar-refractivity contribution in [2.45, 2.75) is 24.7 Å². The highest BCUT2D eigenvalue weighted by Crippen LogP contribution is 2.28. The van der Waals surface area contributed by atoms with E-state index in [0.29, 0.717) is 5.56 Å². The molecule has 2 heterocycles. The van der Waals surface area contributed by atoms with Crippen molar-refractivity contribution in [2.75, 3.05) is 20.3 Å². The van der Waals surface area contributed by atoms with Gasteiger partial charge in [-0.25, -0.2) is 4.98 Å². The Morgan fingerprint density at radius 3 is 2.72 bits per heavy atom. The molecule has 0 bridgehead atoms. The zero-order valence-corrected chi connectivity index (χ0v) is 15.8. The number of amides is 1. The SMILES string of the molecule is COc1ccnc(C(=O)NC2COC(=O)C(c3ccccc3)CC(O)OC2)c1O. The van der Waals surface area contributed by atoms with E-state index >= 15 is 0 Å². The largest absolute Gasteiger partial charge is 0.503 e. The third-order valence-electron chi connectivity index (χ3n) is 4.50. The molecule has 3 N–H and O–H groups in total. The fourth-order valence-electron chi connectivity index (χ4n) is 2.99. The van der Waals surface area contributed by atoms with Crippen LogP contribution in [0.3, 0.4) is 0 Å². The minimum Gasteiger partial charge on any atom is -0.503 e. The minimum absolute atomic E-state index is 0.0295. The number of hydrogen-bond donors (Lipinski definition) is 3. The topological polar surface area (TPSA) is 127 Å². The van der Waals surface area contributed by atoms with E-state index in [1.807, 2.05) is 6.07 Å². The first-order valence-corrected chi connectivity index (χ1v) is 9.03. The van der Waals surface area contributed by atoms with Gasteiger partial charge in [-0.3, -0.25) is 9.59 Å². The maximum absolute atomic E-state index is 12.5. The molecule has 3 atom stereocenters. The normalized spacial score (nSPS) is 22.6. The van der Waals surface area contributed by atoms with Crippen molar-refractivity contribution >= 4 is 11.9 Å². The van der Waals surface area contributed by atoms with Crippen LogP contribution in [0, 0.1) is 0 Å². The van der Waals surface area contributed by atoms with Crippen LogP contribution >= 0.6 is 0 Å². The zero-order chi connectivity index (χ0) is 20.8. The molecule has 29 heavy (non-hydrogen) atoms. The Morgan fingerprint density at radius 2 is 2.00 bits per heavy atom. The van der Waals surface area contributed by atoms with E-state index in [2.05, 4.69) is 10.3 Å². The highest BCUT2D eigenvalue weighted by atomic mass is 16.6. The maximum atomic E-state index is 12.5. The van der Waals surface area contributed by atoms with E-state index in [0.717, 1.165) is 0 Å². The lowest BCUT2D eigenvalue weighted by atomic mass is 9.95. The van der Waals surface area contributed by atoms with Crippen molar-refractivity contribution in [3.05, 3.63) is 53.9 Å². The van der Waals surface area contributed by atoms with Gasteiger partial charge in [0, 0.05) is 18.7 Å². The van der Waals surface area contributed by atoms with Gasteiger partial charge < -0.3 is 29.7 Å². The summed E-state index contributed by atoms with van der Waals surface area (Å²) in [6.07, 6.45) is 0.136. The maximum Gasteiger partial charge on any atom is 0.313 e. The summed E-state index contributed by atoms with van der Waals surface area (Å²) in [5, 5.41) is 22.8. The van der Waals surface area contributed by atoms with Gasteiger partial charge in [0.05, 0.1) is 25.7 Å². The number of hydrogen-bond acceptors (Lipinski definition) is 8. The lowest BCUT2D eigenvalue weighted by Gasteiger charge is -2.19. The van der Waals surface area contributed by atoms with Crippen LogP contribution in [0.2, 0.25) is 0 Å². The summed E-state index contributed by atoms with van der Waals surface area (Å²) in [5.41, 5.74) is 0.464. The highest BCUT2D eigenvalue weighted by molar-refractivity contribution is 5.95. The molecule has 9 nitrogen and oxygen atoms in total. The van der Waals surface area contributed by atoms with E-state index in [4.69, 9.17) is 14.2 Å². The van der Waals surface area contributed by atoms with Crippen LogP contribution in [-0.2, 0) is 14.3 Å². The van der Waals surface area contributed by atoms with Crippen molar-refractivity contribution < 1.29 is 34.0 Å². The Bertz CT molecular complexity index is 859. The van der Waals surface area contributed by atoms with Crippen molar-refractivity contribution in [3.63, 3.8) is 0 Å². The molecule has 1 aromatic carbocycles. The molecule has 2 aromatic rings. The van der Waals surface area contributed by atoms with E-state index in [-0.39, 0.29) is 31.1 Å². The number of aliphatic hydroxyl groups excluding tert-OH is 1. The van der Waals surface area contributed by atoms with Gasteiger partial charge in [-0.1, -0.05) is 30.3 Å². The number of carbonyl (C=O) groups excluding carboxylic acids is 2. The van der Waals surface area contributed by atoms with E-state index in [1.54, 1.807) is 24.3 Å². The monoisotopic (exact) mass is 402 g/mol. The summed E-state index contributed by atoms with van der Waals surface area (Å²) in [6.45, 7) is -0.252. The molecule has 0 saturated carbocycles. The highest BCUT2D eigenvalue weighted by Gasteiger charge is 2.30. The molecular formula is C20H22N2O7. The van der Waals surface area contributed by atoms with Crippen molar-refractivity contribution in [3.8, 4) is 11.5 Å². The zero-order valence-electron chi connectivity index (χ0n) is 15.8. The molecule has 154 valence electrons. The summed E-state index contributed by atoms with van der Waals surface area (Å²) in [6, 6.07) is 9.61. The minimum atomic E-state index is -1.21. The molecular weight excluding hydrogens is 380 g/mol. The number of nitrogens with zero attached hydrogens (tertiary/aromatic N) is 1. The Labute approximate surface area is 167 Å². The van der Waals surface area contributed by atoms with Crippen LogP contribution in [-0.4, -0.2) is 59.7 Å². The average Bonchev–Trinajstić information content (AvgIpc) is 2.80. The number of benzene rings is 1. The number of aromatic nitrogens is 1. The van der Waals surface area contributed by atoms with Crippen LogP contribution in [0.1, 0.15) is 28.4 Å². The second-order valence-corrected chi connectivity index (χ2v) is 6.50. The number of nitrogens with one attached hydrogen (secondary N) is 1. The number of aliphatic hydroxyl groups is 1. The second kappa shape index (κ2) is 9.35. The van der Waals surface area contributed by atoms with Gasteiger partial charge in [-0.2, -0.15) is 0 Å². The van der Waals surface area contributed by atoms with Gasteiger partial charge in [-0.05, 0) is 5.56 Å². The number of methoxy groups -OCH3 is 1. The Morgan fingerprint density at radius 1 is 1.24 bits per heavy atom. The number of cyclic esters (lactones) is 1. The summed E-state index contributed by atoms with van der Waals surface area (Å²) >= 11 is 0. The molecule has 0 spiro atoms. The summed E-state index contributed by atoms with van der Waals surface area (Å²) in [5.74, 6) is -2.22. The number of aromatic hydroxyl groups is 1. The molecule has 3 unspecified atom stereocenters. The molecule has 1 saturated heterocycles. The predicted molar refractivity (Wildman–Crippen MR) is 100 cm³/mol. The summed E-state index contributed by atoms with van der Waals surface area (Å²) in [4.78, 5) is 28.9. The molecule has 1 aromatic heterocycles. The molecule has 1 aliphatic rings. The van der Waals surface area contributed by atoms with Gasteiger partial charge in [0.25, 0.3) is 5.91 Å². The van der Waals surface area contributed by atoms with Crippen LogP contribution in [0.25, 0.3) is 0 Å². The number of ether oxygens (including phenoxy) is 3. The lowest BCUT2D eigenvalue weighted by Crippen LogP contribution is -2.42. The molecule has 1 fully saturated rings. The van der Waals surface area contributed by atoms with Crippen LogP contribution in [0.5, 0.6) is 11.5 Å². The fourth-order valence-corrected chi connectivity index (χ4v) is 2.99. The fraction of sp³-hybridized carbons (Fsp3) is 0.350. The Kier molecular flexibility index (Phi) is 6.63. The average molecular weight is 402 g/mol. The predicted octanol–water partition coefficient (Wildman–Crippen LogP) is 0.960. The Hall–Kier alpha value is -3.17. The molecule has 1 aliphatic heterocycles. The van der Waals surface area contributed by atoms with Gasteiger partial charge in [0.1, 0.15) is 6.61 Å². The first-order valence-electron chi connectivity index (χ1n) is 9.03. The van der Waals surface area contributed by atoms with Crippen molar-refractivity contribution in [2.24, 2.45) is 0 Å². The van der Waals surface area contributed by atoms with Gasteiger partial charge in [-0.15, -0.1) is 0 Å². The number of rotatable bonds is 4. The van der Waals surface area contributed by atoms with Crippen molar-refractivity contribution in [1.82, 2.24) is 10.3 Å². The van der Waals surface area contributed by atoms with Gasteiger partial charge in [0.15, 0.2) is 23.5 Å². The smallest absolute Gasteiger partial charge is 0.313 e. The standard InChI is InChI=1S/C20H22N2O7/c1-27-15-7-8-21-17(18(15)24)19(25)22-13-10-28-16(23)9-14(20(26)29-11-13)12-5-3-2-4-6-12/h2-8,13-14,16,23-24H,9-11H2,1H3,(H,22,25). The van der Waals surface area contributed by atoms with E-state index in [9.17, 15) is 19.8 Å². The first kappa shape index (κ1) is 20.6.